The van der Waals surface area contributed by atoms with Gasteiger partial charge in [0.15, 0.2) is 0 Å². The van der Waals surface area contributed by atoms with Crippen molar-refractivity contribution >= 4 is 12.4 Å². The van der Waals surface area contributed by atoms with Gasteiger partial charge in [0.05, 0.1) is 14.2 Å². The molecule has 1 aliphatic carbocycles. The summed E-state index contributed by atoms with van der Waals surface area (Å²) in [5.74, 6) is 2.26. The van der Waals surface area contributed by atoms with Crippen LogP contribution in [0.15, 0.2) is 18.2 Å². The number of halogens is 1. The molecule has 1 aromatic carbocycles. The molecule has 1 atom stereocenters. The molecular formula is C12H18ClNO2. The summed E-state index contributed by atoms with van der Waals surface area (Å²) < 4.78 is 10.5. The SMILES string of the molecule is COc1ccc([C@@H](N)C2CC2)c(OC)c1.Cl. The largest absolute Gasteiger partial charge is 0.497 e. The molecule has 2 rings (SSSR count). The highest BCUT2D eigenvalue weighted by molar-refractivity contribution is 5.85. The minimum Gasteiger partial charge on any atom is -0.497 e. The van der Waals surface area contributed by atoms with Crippen LogP contribution in [0.1, 0.15) is 24.4 Å². The molecule has 2 N–H and O–H groups in total. The van der Waals surface area contributed by atoms with Gasteiger partial charge >= 0.3 is 0 Å². The third-order valence-electron chi connectivity index (χ3n) is 2.93. The predicted octanol–water partition coefficient (Wildman–Crippen LogP) is 2.54. The zero-order chi connectivity index (χ0) is 10.8. The van der Waals surface area contributed by atoms with E-state index in [1.165, 1.54) is 12.8 Å². The van der Waals surface area contributed by atoms with Crippen LogP contribution >= 0.6 is 12.4 Å². The van der Waals surface area contributed by atoms with Gasteiger partial charge in [-0.3, -0.25) is 0 Å². The zero-order valence-electron chi connectivity index (χ0n) is 9.60. The number of rotatable bonds is 4. The van der Waals surface area contributed by atoms with E-state index in [1.54, 1.807) is 14.2 Å². The first-order chi connectivity index (χ1) is 7.26. The van der Waals surface area contributed by atoms with Crippen LogP contribution in [0.5, 0.6) is 11.5 Å². The molecule has 0 aliphatic heterocycles. The highest BCUT2D eigenvalue weighted by Crippen LogP contribution is 2.42. The Morgan fingerprint density at radius 2 is 1.94 bits per heavy atom. The summed E-state index contributed by atoms with van der Waals surface area (Å²) in [6.07, 6.45) is 2.46. The first-order valence-electron chi connectivity index (χ1n) is 5.23. The van der Waals surface area contributed by atoms with Gasteiger partial charge in [-0.2, -0.15) is 0 Å². The smallest absolute Gasteiger partial charge is 0.127 e. The Bertz CT molecular complexity index is 353. The maximum Gasteiger partial charge on any atom is 0.127 e. The van der Waals surface area contributed by atoms with E-state index >= 15 is 0 Å². The lowest BCUT2D eigenvalue weighted by atomic mass is 10.0. The highest BCUT2D eigenvalue weighted by Gasteiger charge is 2.31. The van der Waals surface area contributed by atoms with Gasteiger partial charge in [0.1, 0.15) is 11.5 Å². The Hall–Kier alpha value is -0.930. The molecule has 0 aromatic heterocycles. The van der Waals surface area contributed by atoms with Crippen molar-refractivity contribution in [3.05, 3.63) is 23.8 Å². The van der Waals surface area contributed by atoms with Crippen molar-refractivity contribution < 1.29 is 9.47 Å². The lowest BCUT2D eigenvalue weighted by molar-refractivity contribution is 0.386. The standard InChI is InChI=1S/C12H17NO2.ClH/c1-14-9-5-6-10(11(7-9)15-2)12(13)8-3-4-8;/h5-8,12H,3-4,13H2,1-2H3;1H/t12-;/m0./s1. The minimum atomic E-state index is 0. The molecule has 4 heteroatoms. The molecule has 1 aliphatic rings. The fraction of sp³-hybridized carbons (Fsp3) is 0.500. The number of ether oxygens (including phenoxy) is 2. The lowest BCUT2D eigenvalue weighted by Gasteiger charge is -2.15. The van der Waals surface area contributed by atoms with Crippen LogP contribution in [-0.2, 0) is 0 Å². The second-order valence-electron chi connectivity index (χ2n) is 3.97. The zero-order valence-corrected chi connectivity index (χ0v) is 10.4. The van der Waals surface area contributed by atoms with Gasteiger partial charge in [-0.05, 0) is 24.8 Å². The second-order valence-corrected chi connectivity index (χ2v) is 3.97. The van der Waals surface area contributed by atoms with Crippen LogP contribution in [0.3, 0.4) is 0 Å². The summed E-state index contributed by atoms with van der Waals surface area (Å²) in [5.41, 5.74) is 7.23. The molecule has 0 spiro atoms. The third kappa shape index (κ3) is 2.60. The van der Waals surface area contributed by atoms with Crippen LogP contribution in [-0.4, -0.2) is 14.2 Å². The molecule has 1 saturated carbocycles. The molecule has 3 nitrogen and oxygen atoms in total. The fourth-order valence-corrected chi connectivity index (χ4v) is 1.80. The summed E-state index contributed by atoms with van der Waals surface area (Å²) >= 11 is 0. The fourth-order valence-electron chi connectivity index (χ4n) is 1.80. The second kappa shape index (κ2) is 5.41. The van der Waals surface area contributed by atoms with E-state index in [-0.39, 0.29) is 18.4 Å². The van der Waals surface area contributed by atoms with Crippen molar-refractivity contribution in [2.45, 2.75) is 18.9 Å². The summed E-state index contributed by atoms with van der Waals surface area (Å²) in [4.78, 5) is 0. The van der Waals surface area contributed by atoms with E-state index in [1.807, 2.05) is 18.2 Å². The predicted molar refractivity (Wildman–Crippen MR) is 66.4 cm³/mol. The lowest BCUT2D eigenvalue weighted by Crippen LogP contribution is -2.13. The van der Waals surface area contributed by atoms with Gasteiger partial charge in [-0.1, -0.05) is 6.07 Å². The van der Waals surface area contributed by atoms with Crippen molar-refractivity contribution in [2.75, 3.05) is 14.2 Å². The average molecular weight is 244 g/mol. The van der Waals surface area contributed by atoms with Crippen molar-refractivity contribution in [3.63, 3.8) is 0 Å². The van der Waals surface area contributed by atoms with Crippen molar-refractivity contribution in [3.8, 4) is 11.5 Å². The number of hydrogen-bond donors (Lipinski definition) is 1. The Morgan fingerprint density at radius 3 is 2.44 bits per heavy atom. The van der Waals surface area contributed by atoms with E-state index in [9.17, 15) is 0 Å². The first kappa shape index (κ1) is 13.1. The molecular weight excluding hydrogens is 226 g/mol. The maximum atomic E-state index is 6.15. The van der Waals surface area contributed by atoms with Gasteiger partial charge < -0.3 is 15.2 Å². The minimum absolute atomic E-state index is 0. The Labute approximate surface area is 102 Å². The normalized spacial score (nSPS) is 16.2. The molecule has 0 amide bonds. The quantitative estimate of drug-likeness (QED) is 0.884. The maximum absolute atomic E-state index is 6.15. The molecule has 1 aromatic rings. The van der Waals surface area contributed by atoms with Gasteiger partial charge in [0.25, 0.3) is 0 Å². The molecule has 16 heavy (non-hydrogen) atoms. The molecule has 0 heterocycles. The van der Waals surface area contributed by atoms with E-state index in [0.29, 0.717) is 5.92 Å². The van der Waals surface area contributed by atoms with Crippen molar-refractivity contribution in [1.29, 1.82) is 0 Å². The molecule has 1 fully saturated rings. The van der Waals surface area contributed by atoms with Crippen LogP contribution in [0.25, 0.3) is 0 Å². The summed E-state index contributed by atoms with van der Waals surface area (Å²) in [6, 6.07) is 5.92. The summed E-state index contributed by atoms with van der Waals surface area (Å²) in [5, 5.41) is 0. The topological polar surface area (TPSA) is 44.5 Å². The highest BCUT2D eigenvalue weighted by atomic mass is 35.5. The number of methoxy groups -OCH3 is 2. The Kier molecular flexibility index (Phi) is 4.44. The van der Waals surface area contributed by atoms with Crippen LogP contribution in [0.4, 0.5) is 0 Å². The molecule has 0 saturated heterocycles. The van der Waals surface area contributed by atoms with E-state index in [0.717, 1.165) is 17.1 Å². The Balaban J connectivity index is 0.00000128. The van der Waals surface area contributed by atoms with Gasteiger partial charge in [0, 0.05) is 17.7 Å². The van der Waals surface area contributed by atoms with E-state index in [4.69, 9.17) is 15.2 Å². The number of hydrogen-bond acceptors (Lipinski definition) is 3. The Morgan fingerprint density at radius 1 is 1.25 bits per heavy atom. The van der Waals surface area contributed by atoms with Gasteiger partial charge in [-0.25, -0.2) is 0 Å². The van der Waals surface area contributed by atoms with Gasteiger partial charge in [0.2, 0.25) is 0 Å². The summed E-state index contributed by atoms with van der Waals surface area (Å²) in [6.45, 7) is 0. The number of nitrogens with two attached hydrogens (primary N) is 1. The molecule has 0 bridgehead atoms. The van der Waals surface area contributed by atoms with Crippen LogP contribution < -0.4 is 15.2 Å². The summed E-state index contributed by atoms with van der Waals surface area (Å²) in [7, 11) is 3.31. The van der Waals surface area contributed by atoms with Crippen LogP contribution in [0.2, 0.25) is 0 Å². The molecule has 0 radical (unpaired) electrons. The van der Waals surface area contributed by atoms with Gasteiger partial charge in [-0.15, -0.1) is 12.4 Å². The van der Waals surface area contributed by atoms with Crippen LogP contribution in [0, 0.1) is 5.92 Å². The van der Waals surface area contributed by atoms with E-state index in [2.05, 4.69) is 0 Å². The molecule has 0 unspecified atom stereocenters. The first-order valence-corrected chi connectivity index (χ1v) is 5.23. The molecule has 90 valence electrons. The number of benzene rings is 1. The van der Waals surface area contributed by atoms with Crippen molar-refractivity contribution in [2.24, 2.45) is 11.7 Å². The average Bonchev–Trinajstić information content (AvgIpc) is 3.11. The van der Waals surface area contributed by atoms with E-state index < -0.39 is 0 Å². The van der Waals surface area contributed by atoms with Crippen molar-refractivity contribution in [1.82, 2.24) is 0 Å². The third-order valence-corrected chi connectivity index (χ3v) is 2.93. The monoisotopic (exact) mass is 243 g/mol.